The first-order valence-corrected chi connectivity index (χ1v) is 13.1. The summed E-state index contributed by atoms with van der Waals surface area (Å²) in [6.07, 6.45) is 0.418. The Balaban J connectivity index is 0.000000599. The number of hydrogen-bond donors (Lipinski definition) is 12. The summed E-state index contributed by atoms with van der Waals surface area (Å²) >= 11 is 6.12. The summed E-state index contributed by atoms with van der Waals surface area (Å²) in [6, 6.07) is 0. The molecule has 0 radical (unpaired) electrons. The zero-order chi connectivity index (χ0) is 27.1. The predicted molar refractivity (Wildman–Crippen MR) is 109 cm³/mol. The number of alkyl halides is 1. The van der Waals surface area contributed by atoms with Crippen LogP contribution in [0, 0.1) is 0 Å². The molecular formula is C10H21ClN5O15P3. The minimum atomic E-state index is -4.64. The van der Waals surface area contributed by atoms with E-state index in [1.807, 2.05) is 0 Å². The number of rotatable bonds is 2. The maximum absolute atomic E-state index is 9.85. The lowest BCUT2D eigenvalue weighted by Gasteiger charge is -2.15. The van der Waals surface area contributed by atoms with Gasteiger partial charge in [0.2, 0.25) is 0 Å². The topological polar surface area (TPSA) is 353 Å². The number of nitrogen functional groups attached to an aromatic ring is 1. The highest BCUT2D eigenvalue weighted by Gasteiger charge is 2.43. The summed E-state index contributed by atoms with van der Waals surface area (Å²) in [4.78, 5) is 76.7. The number of nitrogens with zero attached hydrogens (tertiary/aromatic N) is 4. The molecule has 0 unspecified atom stereocenters. The number of aliphatic hydroxyl groups is 2. The van der Waals surface area contributed by atoms with E-state index < -0.39 is 47.3 Å². The highest BCUT2D eigenvalue weighted by Crippen LogP contribution is 2.35. The van der Waals surface area contributed by atoms with Crippen LogP contribution in [0.5, 0.6) is 0 Å². The van der Waals surface area contributed by atoms with Crippen LogP contribution in [0.2, 0.25) is 0 Å². The minimum Gasteiger partial charge on any atom is -0.394 e. The molecule has 0 aromatic carbocycles. The van der Waals surface area contributed by atoms with Crippen LogP contribution in [0.3, 0.4) is 0 Å². The average Bonchev–Trinajstić information content (AvgIpc) is 3.13. The van der Waals surface area contributed by atoms with Crippen LogP contribution in [0.25, 0.3) is 11.2 Å². The van der Waals surface area contributed by atoms with Gasteiger partial charge in [-0.3, -0.25) is 4.57 Å². The van der Waals surface area contributed by atoms with Gasteiger partial charge in [-0.05, 0) is 0 Å². The first kappa shape index (κ1) is 32.9. The highest BCUT2D eigenvalue weighted by atomic mass is 35.5. The van der Waals surface area contributed by atoms with Gasteiger partial charge in [0.1, 0.15) is 29.4 Å². The predicted octanol–water partition coefficient (Wildman–Crippen LogP) is -3.52. The molecule has 3 rings (SSSR count). The first-order chi connectivity index (χ1) is 15.1. The second-order valence-electron chi connectivity index (χ2n) is 5.81. The molecule has 1 aliphatic rings. The van der Waals surface area contributed by atoms with Crippen LogP contribution in [-0.2, 0) is 18.4 Å². The van der Waals surface area contributed by atoms with Gasteiger partial charge in [0.25, 0.3) is 0 Å². The lowest BCUT2D eigenvalue weighted by atomic mass is 10.2. The molecule has 2 aromatic heterocycles. The molecule has 34 heavy (non-hydrogen) atoms. The molecule has 1 fully saturated rings. The van der Waals surface area contributed by atoms with Crippen molar-refractivity contribution >= 4 is 52.1 Å². The number of ether oxygens (including phenoxy) is 1. The van der Waals surface area contributed by atoms with Gasteiger partial charge in [-0.15, -0.1) is 11.6 Å². The third kappa shape index (κ3) is 14.3. The van der Waals surface area contributed by atoms with Gasteiger partial charge >= 0.3 is 23.5 Å². The Labute approximate surface area is 193 Å². The van der Waals surface area contributed by atoms with Crippen LogP contribution in [-0.4, -0.2) is 98.0 Å². The van der Waals surface area contributed by atoms with Crippen molar-refractivity contribution in [3.63, 3.8) is 0 Å². The Hall–Kier alpha value is -1.15. The van der Waals surface area contributed by atoms with Crippen LogP contribution in [0.15, 0.2) is 12.7 Å². The number of imidazole rings is 1. The Bertz CT molecular complexity index is 982. The Morgan fingerprint density at radius 2 is 1.38 bits per heavy atom. The number of fused-ring (bicyclic) bond motifs is 1. The zero-order valence-corrected chi connectivity index (χ0v) is 19.7. The summed E-state index contributed by atoms with van der Waals surface area (Å²) < 4.78 is 33.7. The number of anilines is 1. The molecule has 20 nitrogen and oxygen atoms in total. The molecule has 4 atom stereocenters. The summed E-state index contributed by atoms with van der Waals surface area (Å²) in [5.74, 6) is 0.257. The van der Waals surface area contributed by atoms with Crippen molar-refractivity contribution in [2.24, 2.45) is 0 Å². The van der Waals surface area contributed by atoms with E-state index in [-0.39, 0.29) is 12.4 Å². The number of phosphoric acid groups is 3. The monoisotopic (exact) mass is 579 g/mol. The second kappa shape index (κ2) is 13.2. The van der Waals surface area contributed by atoms with Crippen LogP contribution < -0.4 is 5.73 Å². The fourth-order valence-electron chi connectivity index (χ4n) is 2.13. The molecule has 0 amide bonds. The fraction of sp³-hybridized carbons (Fsp3) is 0.500. The molecule has 1 aliphatic heterocycles. The van der Waals surface area contributed by atoms with Gasteiger partial charge in [-0.1, -0.05) is 0 Å². The van der Waals surface area contributed by atoms with Crippen molar-refractivity contribution in [1.29, 1.82) is 0 Å². The summed E-state index contributed by atoms with van der Waals surface area (Å²) in [5, 5.41) is 18.2. The maximum Gasteiger partial charge on any atom is 0.466 e. The van der Waals surface area contributed by atoms with Gasteiger partial charge in [0, 0.05) is 0 Å². The minimum absolute atomic E-state index is 0.257. The van der Waals surface area contributed by atoms with E-state index in [0.717, 1.165) is 0 Å². The van der Waals surface area contributed by atoms with E-state index in [1.54, 1.807) is 4.57 Å². The van der Waals surface area contributed by atoms with Crippen molar-refractivity contribution < 1.29 is 72.7 Å². The first-order valence-electron chi connectivity index (χ1n) is 7.99. The van der Waals surface area contributed by atoms with E-state index in [1.165, 1.54) is 12.7 Å². The van der Waals surface area contributed by atoms with Crippen LogP contribution >= 0.6 is 35.1 Å². The van der Waals surface area contributed by atoms with Crippen molar-refractivity contribution in [1.82, 2.24) is 19.5 Å². The third-order valence-electron chi connectivity index (χ3n) is 3.13. The van der Waals surface area contributed by atoms with Gasteiger partial charge in [0.15, 0.2) is 17.7 Å². The molecular weight excluding hydrogens is 559 g/mol. The lowest BCUT2D eigenvalue weighted by molar-refractivity contribution is -0.0431. The molecule has 0 bridgehead atoms. The van der Waals surface area contributed by atoms with Gasteiger partial charge in [-0.25, -0.2) is 28.6 Å². The number of hydrogen-bond acceptors (Lipinski definition) is 10. The molecule has 0 aliphatic carbocycles. The smallest absolute Gasteiger partial charge is 0.394 e. The van der Waals surface area contributed by atoms with Crippen molar-refractivity contribution in [3.05, 3.63) is 12.7 Å². The van der Waals surface area contributed by atoms with E-state index in [4.69, 9.17) is 84.9 Å². The third-order valence-corrected chi connectivity index (χ3v) is 3.61. The maximum atomic E-state index is 9.85. The molecule has 198 valence electrons. The molecule has 0 spiro atoms. The van der Waals surface area contributed by atoms with Crippen molar-refractivity contribution in [2.45, 2.75) is 23.8 Å². The van der Waals surface area contributed by atoms with Crippen molar-refractivity contribution in [3.8, 4) is 0 Å². The summed E-state index contributed by atoms with van der Waals surface area (Å²) in [7, 11) is -13.9. The van der Waals surface area contributed by atoms with Gasteiger partial charge < -0.3 is 64.7 Å². The Morgan fingerprint density at radius 3 is 1.76 bits per heavy atom. The van der Waals surface area contributed by atoms with Gasteiger partial charge in [0.05, 0.1) is 12.9 Å². The SMILES string of the molecule is Nc1ncnc2c1ncn2[C@@H]1O[C@H](CO)[C@@H](O)[C@@H]1Cl.O=P(O)(O)O.O=P(O)(O)O.O=P(O)(O)O. The van der Waals surface area contributed by atoms with E-state index in [0.29, 0.717) is 11.2 Å². The molecule has 3 heterocycles. The normalized spacial score (nSPS) is 22.6. The average molecular weight is 580 g/mol. The van der Waals surface area contributed by atoms with Crippen LogP contribution in [0.4, 0.5) is 5.82 Å². The highest BCUT2D eigenvalue weighted by molar-refractivity contribution is 7.45. The fourth-order valence-corrected chi connectivity index (χ4v) is 2.48. The molecule has 1 saturated heterocycles. The largest absolute Gasteiger partial charge is 0.466 e. The molecule has 0 saturated carbocycles. The Kier molecular flexibility index (Phi) is 12.8. The second-order valence-corrected chi connectivity index (χ2v) is 9.39. The van der Waals surface area contributed by atoms with E-state index in [9.17, 15) is 5.11 Å². The van der Waals surface area contributed by atoms with E-state index in [2.05, 4.69) is 15.0 Å². The number of halogens is 1. The zero-order valence-electron chi connectivity index (χ0n) is 16.3. The molecule has 2 aromatic rings. The quantitative estimate of drug-likeness (QED) is 0.121. The number of nitrogens with two attached hydrogens (primary N) is 1. The van der Waals surface area contributed by atoms with Gasteiger partial charge in [-0.2, -0.15) is 0 Å². The lowest BCUT2D eigenvalue weighted by Crippen LogP contribution is -2.29. The molecule has 24 heteroatoms. The number of aliphatic hydroxyl groups excluding tert-OH is 2. The summed E-state index contributed by atoms with van der Waals surface area (Å²) in [6.45, 7) is -0.315. The Morgan fingerprint density at radius 1 is 0.941 bits per heavy atom. The standard InChI is InChI=1S/C10H12ClN5O3.3H3O4P/c11-5-7(18)4(1-17)19-10(5)16-3-15-6-8(12)13-2-14-9(6)16;3*1-5(2,3)4/h2-5,7,10,17-18H,1H2,(H2,12,13,14);3*(H3,1,2,3,4)/t4-,5+,7-,10-;;;/m1.../s1. The molecule has 13 N–H and O–H groups in total. The van der Waals surface area contributed by atoms with E-state index >= 15 is 0 Å². The van der Waals surface area contributed by atoms with Crippen molar-refractivity contribution in [2.75, 3.05) is 12.3 Å². The number of aromatic nitrogens is 4. The van der Waals surface area contributed by atoms with Crippen LogP contribution in [0.1, 0.15) is 6.23 Å². The summed E-state index contributed by atoms with van der Waals surface area (Å²) in [5.41, 5.74) is 6.60.